The van der Waals surface area contributed by atoms with E-state index in [1.54, 1.807) is 11.3 Å². The van der Waals surface area contributed by atoms with Crippen LogP contribution >= 0.6 is 11.3 Å². The molecule has 1 aromatic heterocycles. The maximum absolute atomic E-state index is 4.86. The van der Waals surface area contributed by atoms with Gasteiger partial charge in [-0.25, -0.2) is 4.98 Å². The monoisotopic (exact) mass is 288 g/mol. The molecule has 1 aromatic carbocycles. The lowest BCUT2D eigenvalue weighted by molar-refractivity contribution is 0.562. The minimum atomic E-state index is 0.109. The summed E-state index contributed by atoms with van der Waals surface area (Å²) >= 11 is 1.75. The summed E-state index contributed by atoms with van der Waals surface area (Å²) in [7, 11) is 0. The fourth-order valence-electron chi connectivity index (χ4n) is 2.17. The topological polar surface area (TPSA) is 24.9 Å². The average molecular weight is 288 g/mol. The number of hydrogen-bond acceptors (Lipinski definition) is 3. The lowest BCUT2D eigenvalue weighted by Gasteiger charge is -2.18. The molecule has 0 fully saturated rings. The predicted octanol–water partition coefficient (Wildman–Crippen LogP) is 4.45. The first-order chi connectivity index (χ1) is 9.41. The van der Waals surface area contributed by atoms with Crippen LogP contribution in [0.1, 0.15) is 55.6 Å². The van der Waals surface area contributed by atoms with E-state index in [1.165, 1.54) is 16.8 Å². The molecule has 2 aromatic rings. The minimum absolute atomic E-state index is 0.109. The molecule has 108 valence electrons. The summed E-state index contributed by atoms with van der Waals surface area (Å²) in [6.45, 7) is 11.8. The van der Waals surface area contributed by atoms with Gasteiger partial charge in [0, 0.05) is 10.8 Å². The van der Waals surface area contributed by atoms with Gasteiger partial charge in [0.15, 0.2) is 0 Å². The Labute approximate surface area is 126 Å². The normalized spacial score (nSPS) is 13.4. The summed E-state index contributed by atoms with van der Waals surface area (Å²) in [6, 6.07) is 8.87. The van der Waals surface area contributed by atoms with Crippen molar-refractivity contribution in [3.05, 3.63) is 51.5 Å². The maximum atomic E-state index is 4.86. The van der Waals surface area contributed by atoms with Gasteiger partial charge in [0.25, 0.3) is 0 Å². The van der Waals surface area contributed by atoms with Crippen LogP contribution in [0.25, 0.3) is 0 Å². The molecule has 0 bridgehead atoms. The Morgan fingerprint density at radius 1 is 1.30 bits per heavy atom. The zero-order chi connectivity index (χ0) is 14.8. The Morgan fingerprint density at radius 3 is 2.60 bits per heavy atom. The van der Waals surface area contributed by atoms with Crippen molar-refractivity contribution >= 4 is 11.3 Å². The van der Waals surface area contributed by atoms with Crippen molar-refractivity contribution in [1.82, 2.24) is 10.3 Å². The first-order valence-corrected chi connectivity index (χ1v) is 8.05. The van der Waals surface area contributed by atoms with Crippen LogP contribution in [0, 0.1) is 6.92 Å². The number of thiazole rings is 1. The molecule has 0 radical (unpaired) electrons. The highest BCUT2D eigenvalue weighted by atomic mass is 32.1. The molecule has 0 spiro atoms. The molecule has 1 atom stereocenters. The Morgan fingerprint density at radius 2 is 2.05 bits per heavy atom. The molecule has 0 amide bonds. The molecular weight excluding hydrogens is 264 g/mol. The third kappa shape index (κ3) is 3.47. The van der Waals surface area contributed by atoms with Crippen molar-refractivity contribution in [2.75, 3.05) is 6.54 Å². The summed E-state index contributed by atoms with van der Waals surface area (Å²) in [5.74, 6) is 0. The van der Waals surface area contributed by atoms with Gasteiger partial charge < -0.3 is 5.32 Å². The van der Waals surface area contributed by atoms with E-state index in [0.717, 1.165) is 11.6 Å². The molecule has 0 aliphatic carbocycles. The molecule has 2 nitrogen and oxygen atoms in total. The fourth-order valence-corrected chi connectivity index (χ4v) is 3.31. The van der Waals surface area contributed by atoms with Crippen LogP contribution in [-0.4, -0.2) is 11.5 Å². The van der Waals surface area contributed by atoms with E-state index in [4.69, 9.17) is 4.98 Å². The number of aromatic nitrogens is 1. The van der Waals surface area contributed by atoms with Gasteiger partial charge in [0.05, 0.1) is 11.7 Å². The molecule has 0 aliphatic heterocycles. The lowest BCUT2D eigenvalue weighted by atomic mass is 9.93. The Kier molecular flexibility index (Phi) is 4.61. The highest BCUT2D eigenvalue weighted by Crippen LogP contribution is 2.30. The number of aryl methyl sites for hydroxylation is 1. The van der Waals surface area contributed by atoms with Crippen LogP contribution in [0.3, 0.4) is 0 Å². The van der Waals surface area contributed by atoms with E-state index in [-0.39, 0.29) is 11.5 Å². The zero-order valence-corrected chi connectivity index (χ0v) is 13.8. The Bertz CT molecular complexity index is 566. The molecular formula is C17H24N2S. The molecule has 2 rings (SSSR count). The first-order valence-electron chi connectivity index (χ1n) is 7.17. The highest BCUT2D eigenvalue weighted by molar-refractivity contribution is 7.09. The summed E-state index contributed by atoms with van der Waals surface area (Å²) in [4.78, 5) is 4.86. The van der Waals surface area contributed by atoms with Gasteiger partial charge in [-0.05, 0) is 19.0 Å². The van der Waals surface area contributed by atoms with E-state index in [0.29, 0.717) is 0 Å². The molecule has 1 heterocycles. The second-order valence-electron chi connectivity index (χ2n) is 6.23. The molecule has 0 saturated carbocycles. The first kappa shape index (κ1) is 15.2. The van der Waals surface area contributed by atoms with Crippen LogP contribution in [0.2, 0.25) is 0 Å². The van der Waals surface area contributed by atoms with Crippen LogP contribution in [-0.2, 0) is 5.41 Å². The van der Waals surface area contributed by atoms with Crippen molar-refractivity contribution in [2.45, 2.75) is 46.1 Å². The van der Waals surface area contributed by atoms with Crippen LogP contribution in [0.5, 0.6) is 0 Å². The van der Waals surface area contributed by atoms with Crippen molar-refractivity contribution in [3.63, 3.8) is 0 Å². The zero-order valence-electron chi connectivity index (χ0n) is 13.0. The van der Waals surface area contributed by atoms with E-state index in [1.807, 2.05) is 0 Å². The number of rotatable bonds is 4. The van der Waals surface area contributed by atoms with E-state index >= 15 is 0 Å². The van der Waals surface area contributed by atoms with Gasteiger partial charge in [-0.3, -0.25) is 0 Å². The molecule has 1 N–H and O–H groups in total. The molecule has 20 heavy (non-hydrogen) atoms. The van der Waals surface area contributed by atoms with Crippen molar-refractivity contribution < 1.29 is 0 Å². The fraction of sp³-hybridized carbons (Fsp3) is 0.471. The van der Waals surface area contributed by atoms with E-state index < -0.39 is 0 Å². The van der Waals surface area contributed by atoms with Gasteiger partial charge in [0.2, 0.25) is 0 Å². The Hall–Kier alpha value is -1.19. The quantitative estimate of drug-likeness (QED) is 0.899. The third-order valence-electron chi connectivity index (χ3n) is 3.32. The summed E-state index contributed by atoms with van der Waals surface area (Å²) in [6.07, 6.45) is 0. The number of nitrogens with zero attached hydrogens (tertiary/aromatic N) is 1. The maximum Gasteiger partial charge on any atom is 0.114 e. The van der Waals surface area contributed by atoms with Crippen molar-refractivity contribution in [3.8, 4) is 0 Å². The molecule has 0 aliphatic rings. The second kappa shape index (κ2) is 6.06. The SMILES string of the molecule is CCNC(c1cccc(C)c1)c1nc(C(C)(C)C)cs1. The van der Waals surface area contributed by atoms with Gasteiger partial charge in [-0.15, -0.1) is 11.3 Å². The average Bonchev–Trinajstić information content (AvgIpc) is 2.85. The largest absolute Gasteiger partial charge is 0.305 e. The molecule has 3 heteroatoms. The van der Waals surface area contributed by atoms with Crippen LogP contribution in [0.4, 0.5) is 0 Å². The van der Waals surface area contributed by atoms with Crippen LogP contribution < -0.4 is 5.32 Å². The standard InChI is InChI=1S/C17H24N2S/c1-6-18-15(13-9-7-8-12(2)10-13)16-19-14(11-20-16)17(3,4)5/h7-11,15,18H,6H2,1-5H3. The lowest BCUT2D eigenvalue weighted by Crippen LogP contribution is -2.22. The van der Waals surface area contributed by atoms with Gasteiger partial charge >= 0.3 is 0 Å². The number of hydrogen-bond donors (Lipinski definition) is 1. The van der Waals surface area contributed by atoms with Crippen LogP contribution in [0.15, 0.2) is 29.6 Å². The van der Waals surface area contributed by atoms with Gasteiger partial charge in [0.1, 0.15) is 5.01 Å². The van der Waals surface area contributed by atoms with Crippen molar-refractivity contribution in [1.29, 1.82) is 0 Å². The highest BCUT2D eigenvalue weighted by Gasteiger charge is 2.22. The smallest absolute Gasteiger partial charge is 0.114 e. The van der Waals surface area contributed by atoms with E-state index in [2.05, 4.69) is 69.6 Å². The second-order valence-corrected chi connectivity index (χ2v) is 7.12. The van der Waals surface area contributed by atoms with Gasteiger partial charge in [-0.1, -0.05) is 57.5 Å². The Balaban J connectivity index is 2.36. The van der Waals surface area contributed by atoms with Crippen molar-refractivity contribution in [2.24, 2.45) is 0 Å². The van der Waals surface area contributed by atoms with Gasteiger partial charge in [-0.2, -0.15) is 0 Å². The number of benzene rings is 1. The summed E-state index contributed by atoms with van der Waals surface area (Å²) in [5.41, 5.74) is 3.87. The minimum Gasteiger partial charge on any atom is -0.305 e. The molecule has 1 unspecified atom stereocenters. The third-order valence-corrected chi connectivity index (χ3v) is 4.23. The summed E-state index contributed by atoms with van der Waals surface area (Å²) in [5, 5.41) is 6.90. The predicted molar refractivity (Wildman–Crippen MR) is 87.5 cm³/mol. The van der Waals surface area contributed by atoms with E-state index in [9.17, 15) is 0 Å². The molecule has 0 saturated heterocycles. The number of nitrogens with one attached hydrogen (secondary N) is 1. The summed E-state index contributed by atoms with van der Waals surface area (Å²) < 4.78 is 0.